The molecule has 2 aromatic carbocycles. The number of hydrogen-bond donors (Lipinski definition) is 1. The number of aliphatic hydroxyl groups excluding tert-OH is 1. The van der Waals surface area contributed by atoms with E-state index in [0.717, 1.165) is 30.4 Å². The zero-order valence-corrected chi connectivity index (χ0v) is 19.0. The predicted octanol–water partition coefficient (Wildman–Crippen LogP) is 4.76. The quantitative estimate of drug-likeness (QED) is 0.775. The van der Waals surface area contributed by atoms with Crippen LogP contribution in [0.3, 0.4) is 0 Å². The Bertz CT molecular complexity index is 897. The van der Waals surface area contributed by atoms with Gasteiger partial charge in [0.15, 0.2) is 0 Å². The van der Waals surface area contributed by atoms with Gasteiger partial charge in [-0.15, -0.1) is 0 Å². The van der Waals surface area contributed by atoms with Gasteiger partial charge in [0, 0.05) is 25.1 Å². The summed E-state index contributed by atoms with van der Waals surface area (Å²) in [5.74, 6) is 0.495. The van der Waals surface area contributed by atoms with Crippen molar-refractivity contribution in [3.05, 3.63) is 70.8 Å². The summed E-state index contributed by atoms with van der Waals surface area (Å²) in [6.07, 6.45) is 3.53. The summed E-state index contributed by atoms with van der Waals surface area (Å²) in [7, 11) is 0. The molecule has 0 unspecified atom stereocenters. The highest BCUT2D eigenvalue weighted by atomic mass is 16.5. The van der Waals surface area contributed by atoms with Crippen LogP contribution < -0.4 is 0 Å². The molecule has 2 aliphatic heterocycles. The summed E-state index contributed by atoms with van der Waals surface area (Å²) in [5, 5.41) is 10.4. The molecule has 2 atom stereocenters. The number of ether oxygens (including phenoxy) is 1. The van der Waals surface area contributed by atoms with Gasteiger partial charge in [0.2, 0.25) is 0 Å². The maximum atomic E-state index is 13.4. The van der Waals surface area contributed by atoms with Gasteiger partial charge in [-0.3, -0.25) is 4.79 Å². The smallest absolute Gasteiger partial charge is 0.254 e. The maximum Gasteiger partial charge on any atom is 0.254 e. The van der Waals surface area contributed by atoms with E-state index in [1.54, 1.807) is 0 Å². The van der Waals surface area contributed by atoms with E-state index in [9.17, 15) is 9.90 Å². The molecule has 4 heteroatoms. The molecule has 4 rings (SSSR count). The minimum Gasteiger partial charge on any atom is -0.393 e. The molecule has 166 valence electrons. The van der Waals surface area contributed by atoms with Gasteiger partial charge in [-0.1, -0.05) is 61.9 Å². The number of hydrogen-bond acceptors (Lipinski definition) is 3. The number of benzene rings is 2. The zero-order valence-electron chi connectivity index (χ0n) is 19.0. The van der Waals surface area contributed by atoms with Gasteiger partial charge in [-0.05, 0) is 55.7 Å². The summed E-state index contributed by atoms with van der Waals surface area (Å²) in [6.45, 7) is 7.74. The van der Waals surface area contributed by atoms with Gasteiger partial charge in [-0.25, -0.2) is 0 Å². The van der Waals surface area contributed by atoms with Crippen molar-refractivity contribution in [2.45, 2.75) is 70.7 Å². The van der Waals surface area contributed by atoms with Crippen LogP contribution in [0.1, 0.15) is 66.6 Å². The van der Waals surface area contributed by atoms with E-state index in [-0.39, 0.29) is 23.7 Å². The summed E-state index contributed by atoms with van der Waals surface area (Å²) >= 11 is 0. The molecule has 0 aliphatic carbocycles. The van der Waals surface area contributed by atoms with Crippen LogP contribution in [0, 0.1) is 12.8 Å². The lowest BCUT2D eigenvalue weighted by Crippen LogP contribution is -2.54. The van der Waals surface area contributed by atoms with Gasteiger partial charge in [0.05, 0.1) is 17.8 Å². The van der Waals surface area contributed by atoms with Crippen LogP contribution in [0.15, 0.2) is 48.5 Å². The van der Waals surface area contributed by atoms with Crippen LogP contribution in [-0.2, 0) is 11.2 Å². The molecule has 0 bridgehead atoms. The number of aryl methyl sites for hydroxylation is 1. The largest absolute Gasteiger partial charge is 0.393 e. The van der Waals surface area contributed by atoms with Crippen molar-refractivity contribution in [2.24, 2.45) is 5.92 Å². The topological polar surface area (TPSA) is 49.8 Å². The Morgan fingerprint density at radius 3 is 2.48 bits per heavy atom. The molecule has 1 spiro atoms. The maximum absolute atomic E-state index is 13.4. The van der Waals surface area contributed by atoms with E-state index in [2.05, 4.69) is 51.1 Å². The molecule has 0 aromatic heterocycles. The van der Waals surface area contributed by atoms with Crippen molar-refractivity contribution in [3.8, 4) is 0 Å². The van der Waals surface area contributed by atoms with Gasteiger partial charge < -0.3 is 14.7 Å². The Morgan fingerprint density at radius 1 is 1.13 bits per heavy atom. The normalized spacial score (nSPS) is 23.3. The third-order valence-electron chi connectivity index (χ3n) is 6.98. The fourth-order valence-electron chi connectivity index (χ4n) is 5.03. The standard InChI is InChI=1S/C27H35NO3/c1-19(2)25-17-23(29)18-27(31-25)12-14-28(15-13-27)26(30)24-7-5-4-6-22(24)16-21-10-8-20(3)9-11-21/h4-11,19,23,25,29H,12-18H2,1-3H3/t23-,25-/m1/s1. The predicted molar refractivity (Wildman–Crippen MR) is 123 cm³/mol. The van der Waals surface area contributed by atoms with Crippen molar-refractivity contribution >= 4 is 5.91 Å². The van der Waals surface area contributed by atoms with Crippen molar-refractivity contribution in [1.29, 1.82) is 0 Å². The van der Waals surface area contributed by atoms with Crippen LogP contribution in [0.5, 0.6) is 0 Å². The fourth-order valence-corrected chi connectivity index (χ4v) is 5.03. The lowest BCUT2D eigenvalue weighted by Gasteiger charge is -2.48. The Labute approximate surface area is 186 Å². The number of aliphatic hydroxyl groups is 1. The van der Waals surface area contributed by atoms with Crippen LogP contribution in [-0.4, -0.2) is 46.8 Å². The lowest BCUT2D eigenvalue weighted by atomic mass is 9.80. The zero-order chi connectivity index (χ0) is 22.0. The third kappa shape index (κ3) is 5.02. The molecule has 0 radical (unpaired) electrons. The van der Waals surface area contributed by atoms with E-state index < -0.39 is 0 Å². The minimum absolute atomic E-state index is 0.0984. The molecule has 2 aliphatic rings. The van der Waals surface area contributed by atoms with Gasteiger partial charge in [0.25, 0.3) is 5.91 Å². The SMILES string of the molecule is Cc1ccc(Cc2ccccc2C(=O)N2CCC3(CC2)C[C@H](O)C[C@H](C(C)C)O3)cc1. The molecule has 1 amide bonds. The molecule has 2 fully saturated rings. The fraction of sp³-hybridized carbons (Fsp3) is 0.519. The summed E-state index contributed by atoms with van der Waals surface area (Å²) in [5.41, 5.74) is 4.03. The van der Waals surface area contributed by atoms with Crippen molar-refractivity contribution in [2.75, 3.05) is 13.1 Å². The Morgan fingerprint density at radius 2 is 1.81 bits per heavy atom. The molecule has 2 heterocycles. The van der Waals surface area contributed by atoms with Gasteiger partial charge in [-0.2, -0.15) is 0 Å². The van der Waals surface area contributed by atoms with E-state index in [1.807, 2.05) is 23.1 Å². The number of nitrogens with zero attached hydrogens (tertiary/aromatic N) is 1. The molecule has 4 nitrogen and oxygen atoms in total. The van der Waals surface area contributed by atoms with Crippen molar-refractivity contribution < 1.29 is 14.6 Å². The highest BCUT2D eigenvalue weighted by Crippen LogP contribution is 2.39. The number of carbonyl (C=O) groups is 1. The number of amides is 1. The first-order valence-electron chi connectivity index (χ1n) is 11.6. The highest BCUT2D eigenvalue weighted by Gasteiger charge is 2.44. The van der Waals surface area contributed by atoms with E-state index in [0.29, 0.717) is 31.8 Å². The first-order chi connectivity index (χ1) is 14.8. The number of rotatable bonds is 4. The first kappa shape index (κ1) is 22.0. The summed E-state index contributed by atoms with van der Waals surface area (Å²) in [6, 6.07) is 16.5. The van der Waals surface area contributed by atoms with E-state index in [4.69, 9.17) is 4.74 Å². The second-order valence-electron chi connectivity index (χ2n) is 9.79. The Hall–Kier alpha value is -2.17. The van der Waals surface area contributed by atoms with Crippen LogP contribution >= 0.6 is 0 Å². The minimum atomic E-state index is -0.307. The van der Waals surface area contributed by atoms with Crippen LogP contribution in [0.4, 0.5) is 0 Å². The molecule has 0 saturated carbocycles. The van der Waals surface area contributed by atoms with Crippen LogP contribution in [0.2, 0.25) is 0 Å². The Kier molecular flexibility index (Phi) is 6.49. The lowest BCUT2D eigenvalue weighted by molar-refractivity contribution is -0.190. The van der Waals surface area contributed by atoms with Crippen molar-refractivity contribution in [1.82, 2.24) is 4.90 Å². The molecule has 1 N–H and O–H groups in total. The highest BCUT2D eigenvalue weighted by molar-refractivity contribution is 5.95. The monoisotopic (exact) mass is 421 g/mol. The molecule has 2 saturated heterocycles. The van der Waals surface area contributed by atoms with Gasteiger partial charge >= 0.3 is 0 Å². The van der Waals surface area contributed by atoms with Crippen molar-refractivity contribution in [3.63, 3.8) is 0 Å². The molecule has 2 aromatic rings. The Balaban J connectivity index is 1.45. The molecular formula is C27H35NO3. The second kappa shape index (κ2) is 9.13. The third-order valence-corrected chi connectivity index (χ3v) is 6.98. The summed E-state index contributed by atoms with van der Waals surface area (Å²) in [4.78, 5) is 15.4. The second-order valence-corrected chi connectivity index (χ2v) is 9.79. The summed E-state index contributed by atoms with van der Waals surface area (Å²) < 4.78 is 6.49. The van der Waals surface area contributed by atoms with E-state index in [1.165, 1.54) is 11.1 Å². The number of likely N-dealkylation sites (tertiary alicyclic amines) is 1. The van der Waals surface area contributed by atoms with Crippen LogP contribution in [0.25, 0.3) is 0 Å². The molecule has 31 heavy (non-hydrogen) atoms. The first-order valence-corrected chi connectivity index (χ1v) is 11.6. The number of piperidine rings is 1. The number of carbonyl (C=O) groups excluding carboxylic acids is 1. The molecular weight excluding hydrogens is 386 g/mol. The van der Waals surface area contributed by atoms with E-state index >= 15 is 0 Å². The van der Waals surface area contributed by atoms with Gasteiger partial charge in [0.1, 0.15) is 0 Å². The average molecular weight is 422 g/mol. The average Bonchev–Trinajstić information content (AvgIpc) is 2.75.